The van der Waals surface area contributed by atoms with Crippen molar-refractivity contribution >= 4 is 0 Å². The Morgan fingerprint density at radius 3 is 2.96 bits per heavy atom. The standard InChI is InChI=1S/C18H23N3O3/c1-3-4-17-19-14-7-8-21(11-13(14)18(23)20-17)10-12-5-6-16(24-2)15(22)9-12/h5-6,9,22H,3-4,7-8,10-11H2,1-2H3,(H,19,20,23). The van der Waals surface area contributed by atoms with Crippen LogP contribution in [0.4, 0.5) is 0 Å². The monoisotopic (exact) mass is 329 g/mol. The molecule has 6 nitrogen and oxygen atoms in total. The lowest BCUT2D eigenvalue weighted by atomic mass is 10.1. The van der Waals surface area contributed by atoms with Crippen LogP contribution in [-0.2, 0) is 25.9 Å². The molecule has 0 spiro atoms. The normalized spacial score (nSPS) is 14.4. The number of benzene rings is 1. The number of phenolic OH excluding ortho intramolecular Hbond substituents is 1. The van der Waals surface area contributed by atoms with Gasteiger partial charge in [0, 0.05) is 32.5 Å². The molecular formula is C18H23N3O3. The highest BCUT2D eigenvalue weighted by Gasteiger charge is 2.21. The number of fused-ring (bicyclic) bond motifs is 1. The van der Waals surface area contributed by atoms with Crippen LogP contribution in [0.3, 0.4) is 0 Å². The third-order valence-corrected chi connectivity index (χ3v) is 4.33. The first-order valence-electron chi connectivity index (χ1n) is 8.30. The molecule has 6 heteroatoms. The number of rotatable bonds is 5. The van der Waals surface area contributed by atoms with E-state index < -0.39 is 0 Å². The Hall–Kier alpha value is -2.34. The molecule has 1 aliphatic rings. The molecule has 2 heterocycles. The van der Waals surface area contributed by atoms with Crippen LogP contribution in [0, 0.1) is 0 Å². The molecule has 0 bridgehead atoms. The Kier molecular flexibility index (Phi) is 4.85. The smallest absolute Gasteiger partial charge is 0.255 e. The number of aromatic nitrogens is 2. The summed E-state index contributed by atoms with van der Waals surface area (Å²) >= 11 is 0. The highest BCUT2D eigenvalue weighted by atomic mass is 16.5. The van der Waals surface area contributed by atoms with E-state index >= 15 is 0 Å². The molecule has 1 aliphatic heterocycles. The first-order chi connectivity index (χ1) is 11.6. The molecule has 0 aliphatic carbocycles. The molecule has 0 amide bonds. The molecule has 0 radical (unpaired) electrons. The highest BCUT2D eigenvalue weighted by Crippen LogP contribution is 2.27. The number of nitrogens with one attached hydrogen (secondary N) is 1. The quantitative estimate of drug-likeness (QED) is 0.877. The van der Waals surface area contributed by atoms with E-state index in [4.69, 9.17) is 4.74 Å². The van der Waals surface area contributed by atoms with Crippen LogP contribution >= 0.6 is 0 Å². The van der Waals surface area contributed by atoms with E-state index in [-0.39, 0.29) is 11.3 Å². The third kappa shape index (κ3) is 3.43. The van der Waals surface area contributed by atoms with Crippen molar-refractivity contribution in [3.8, 4) is 11.5 Å². The lowest BCUT2D eigenvalue weighted by Gasteiger charge is -2.27. The molecule has 24 heavy (non-hydrogen) atoms. The van der Waals surface area contributed by atoms with Crippen LogP contribution in [0.25, 0.3) is 0 Å². The summed E-state index contributed by atoms with van der Waals surface area (Å²) in [6.45, 7) is 4.18. The number of H-pyrrole nitrogens is 1. The fraction of sp³-hybridized carbons (Fsp3) is 0.444. The van der Waals surface area contributed by atoms with E-state index in [9.17, 15) is 9.90 Å². The van der Waals surface area contributed by atoms with Gasteiger partial charge >= 0.3 is 0 Å². The number of aromatic amines is 1. The highest BCUT2D eigenvalue weighted by molar-refractivity contribution is 5.41. The molecule has 2 aromatic rings. The molecule has 1 aromatic heterocycles. The van der Waals surface area contributed by atoms with Gasteiger partial charge in [-0.3, -0.25) is 9.69 Å². The van der Waals surface area contributed by atoms with Crippen LogP contribution in [0.1, 0.15) is 36.0 Å². The van der Waals surface area contributed by atoms with E-state index in [1.54, 1.807) is 12.1 Å². The van der Waals surface area contributed by atoms with Gasteiger partial charge < -0.3 is 14.8 Å². The van der Waals surface area contributed by atoms with Crippen molar-refractivity contribution in [1.29, 1.82) is 0 Å². The molecule has 1 aromatic carbocycles. The molecule has 0 atom stereocenters. The van der Waals surface area contributed by atoms with Crippen molar-refractivity contribution in [2.75, 3.05) is 13.7 Å². The number of phenols is 1. The predicted octanol–water partition coefficient (Wildman–Crippen LogP) is 1.99. The van der Waals surface area contributed by atoms with E-state index in [2.05, 4.69) is 21.8 Å². The van der Waals surface area contributed by atoms with Crippen molar-refractivity contribution in [2.45, 2.75) is 39.3 Å². The van der Waals surface area contributed by atoms with Crippen LogP contribution in [0.15, 0.2) is 23.0 Å². The van der Waals surface area contributed by atoms with Crippen molar-refractivity contribution in [1.82, 2.24) is 14.9 Å². The van der Waals surface area contributed by atoms with Crippen molar-refractivity contribution in [3.63, 3.8) is 0 Å². The Labute approximate surface area is 141 Å². The first-order valence-corrected chi connectivity index (χ1v) is 8.30. The molecule has 0 unspecified atom stereocenters. The fourth-order valence-corrected chi connectivity index (χ4v) is 3.11. The van der Waals surface area contributed by atoms with E-state index in [1.807, 2.05) is 6.07 Å². The first kappa shape index (κ1) is 16.5. The maximum absolute atomic E-state index is 12.3. The second-order valence-electron chi connectivity index (χ2n) is 6.15. The van der Waals surface area contributed by atoms with Crippen molar-refractivity contribution in [2.24, 2.45) is 0 Å². The topological polar surface area (TPSA) is 78.5 Å². The van der Waals surface area contributed by atoms with Gasteiger partial charge in [0.2, 0.25) is 0 Å². The zero-order chi connectivity index (χ0) is 17.1. The molecule has 3 rings (SSSR count). The fourth-order valence-electron chi connectivity index (χ4n) is 3.11. The summed E-state index contributed by atoms with van der Waals surface area (Å²) in [6.07, 6.45) is 2.55. The number of nitrogens with zero attached hydrogens (tertiary/aromatic N) is 2. The summed E-state index contributed by atoms with van der Waals surface area (Å²) < 4.78 is 5.07. The summed E-state index contributed by atoms with van der Waals surface area (Å²) in [7, 11) is 1.53. The van der Waals surface area contributed by atoms with Crippen LogP contribution < -0.4 is 10.3 Å². The molecule has 2 N–H and O–H groups in total. The summed E-state index contributed by atoms with van der Waals surface area (Å²) in [5, 5.41) is 9.90. The summed E-state index contributed by atoms with van der Waals surface area (Å²) in [5.41, 5.74) is 2.66. The minimum atomic E-state index is -0.0225. The van der Waals surface area contributed by atoms with Gasteiger partial charge in [0.15, 0.2) is 11.5 Å². The number of ether oxygens (including phenoxy) is 1. The summed E-state index contributed by atoms with van der Waals surface area (Å²) in [5.74, 6) is 1.39. The summed E-state index contributed by atoms with van der Waals surface area (Å²) in [4.78, 5) is 22.0. The molecule has 0 saturated heterocycles. The van der Waals surface area contributed by atoms with Gasteiger partial charge in [0.25, 0.3) is 5.56 Å². The molecule has 128 valence electrons. The van der Waals surface area contributed by atoms with E-state index in [0.717, 1.165) is 48.5 Å². The maximum atomic E-state index is 12.3. The van der Waals surface area contributed by atoms with Gasteiger partial charge in [-0.2, -0.15) is 0 Å². The average Bonchev–Trinajstić information content (AvgIpc) is 2.56. The van der Waals surface area contributed by atoms with Gasteiger partial charge in [-0.15, -0.1) is 0 Å². The predicted molar refractivity (Wildman–Crippen MR) is 91.3 cm³/mol. The van der Waals surface area contributed by atoms with Gasteiger partial charge in [0.1, 0.15) is 5.82 Å². The Balaban J connectivity index is 1.75. The minimum Gasteiger partial charge on any atom is -0.504 e. The van der Waals surface area contributed by atoms with Crippen LogP contribution in [0.5, 0.6) is 11.5 Å². The largest absolute Gasteiger partial charge is 0.504 e. The van der Waals surface area contributed by atoms with Gasteiger partial charge in [0.05, 0.1) is 18.4 Å². The Morgan fingerprint density at radius 1 is 1.42 bits per heavy atom. The molecule has 0 fully saturated rings. The number of hydrogen-bond acceptors (Lipinski definition) is 5. The minimum absolute atomic E-state index is 0.0225. The number of aryl methyl sites for hydroxylation is 1. The van der Waals surface area contributed by atoms with E-state index in [0.29, 0.717) is 18.8 Å². The zero-order valence-corrected chi connectivity index (χ0v) is 14.1. The van der Waals surface area contributed by atoms with E-state index in [1.165, 1.54) is 7.11 Å². The van der Waals surface area contributed by atoms with Gasteiger partial charge in [-0.1, -0.05) is 13.0 Å². The van der Waals surface area contributed by atoms with Crippen LogP contribution in [-0.4, -0.2) is 33.6 Å². The lowest BCUT2D eigenvalue weighted by Crippen LogP contribution is -2.35. The van der Waals surface area contributed by atoms with Crippen molar-refractivity contribution in [3.05, 3.63) is 51.2 Å². The van der Waals surface area contributed by atoms with Gasteiger partial charge in [-0.25, -0.2) is 4.98 Å². The lowest BCUT2D eigenvalue weighted by molar-refractivity contribution is 0.241. The van der Waals surface area contributed by atoms with Crippen LogP contribution in [0.2, 0.25) is 0 Å². The third-order valence-electron chi connectivity index (χ3n) is 4.33. The zero-order valence-electron chi connectivity index (χ0n) is 14.1. The Bertz CT molecular complexity index is 786. The average molecular weight is 329 g/mol. The Morgan fingerprint density at radius 2 is 2.25 bits per heavy atom. The number of hydrogen-bond donors (Lipinski definition) is 2. The number of methoxy groups -OCH3 is 1. The molecular weight excluding hydrogens is 306 g/mol. The maximum Gasteiger partial charge on any atom is 0.255 e. The summed E-state index contributed by atoms with van der Waals surface area (Å²) in [6, 6.07) is 5.40. The van der Waals surface area contributed by atoms with Gasteiger partial charge in [-0.05, 0) is 24.1 Å². The second-order valence-corrected chi connectivity index (χ2v) is 6.15. The number of aromatic hydroxyl groups is 1. The molecule has 0 saturated carbocycles. The second kappa shape index (κ2) is 7.05. The van der Waals surface area contributed by atoms with Crippen molar-refractivity contribution < 1.29 is 9.84 Å². The SMILES string of the molecule is CCCc1nc2c(c(=O)[nH]1)CN(Cc1ccc(OC)c(O)c1)CC2.